The summed E-state index contributed by atoms with van der Waals surface area (Å²) in [6.07, 6.45) is 3.37. The minimum atomic E-state index is -0.406. The van der Waals surface area contributed by atoms with Crippen LogP contribution in [0.5, 0.6) is 0 Å². The van der Waals surface area contributed by atoms with Crippen molar-refractivity contribution in [3.8, 4) is 6.07 Å². The molecule has 0 unspecified atom stereocenters. The van der Waals surface area contributed by atoms with E-state index in [1.807, 2.05) is 55.5 Å². The van der Waals surface area contributed by atoms with Crippen molar-refractivity contribution in [1.29, 1.82) is 5.26 Å². The molecule has 0 saturated heterocycles. The smallest absolute Gasteiger partial charge is 0.267 e. The molecule has 0 spiro atoms. The van der Waals surface area contributed by atoms with Gasteiger partial charge in [-0.15, -0.1) is 0 Å². The van der Waals surface area contributed by atoms with E-state index in [0.29, 0.717) is 12.2 Å². The molecule has 0 saturated carbocycles. The molecular weight excluding hydrogens is 298 g/mol. The molecule has 122 valence electrons. The van der Waals surface area contributed by atoms with Gasteiger partial charge in [-0.05, 0) is 37.5 Å². The Balaban J connectivity index is 1.79. The van der Waals surface area contributed by atoms with Gasteiger partial charge in [-0.1, -0.05) is 48.0 Å². The number of hydrogen-bond donors (Lipinski definition) is 2. The summed E-state index contributed by atoms with van der Waals surface area (Å²) in [6.45, 7) is 2.68. The lowest BCUT2D eigenvalue weighted by Gasteiger charge is -2.06. The van der Waals surface area contributed by atoms with E-state index in [-0.39, 0.29) is 5.57 Å². The fraction of sp³-hybridized carbons (Fsp3) is 0.200. The molecule has 0 radical (unpaired) electrons. The van der Waals surface area contributed by atoms with Crippen molar-refractivity contribution in [2.45, 2.75) is 19.8 Å². The number of anilines is 1. The summed E-state index contributed by atoms with van der Waals surface area (Å²) in [7, 11) is 0. The van der Waals surface area contributed by atoms with Crippen molar-refractivity contribution in [3.63, 3.8) is 0 Å². The van der Waals surface area contributed by atoms with Crippen molar-refractivity contribution in [1.82, 2.24) is 5.32 Å². The molecule has 0 aromatic heterocycles. The van der Waals surface area contributed by atoms with E-state index in [1.54, 1.807) is 0 Å². The molecule has 24 heavy (non-hydrogen) atoms. The number of nitriles is 1. The van der Waals surface area contributed by atoms with Gasteiger partial charge < -0.3 is 10.6 Å². The number of rotatable bonds is 7. The maximum Gasteiger partial charge on any atom is 0.267 e. The van der Waals surface area contributed by atoms with Crippen molar-refractivity contribution in [2.24, 2.45) is 0 Å². The summed E-state index contributed by atoms with van der Waals surface area (Å²) >= 11 is 0. The van der Waals surface area contributed by atoms with Crippen LogP contribution in [-0.4, -0.2) is 12.5 Å². The first kappa shape index (κ1) is 17.3. The first-order valence-electron chi connectivity index (χ1n) is 7.94. The number of carbonyl (C=O) groups excluding carboxylic acids is 1. The van der Waals surface area contributed by atoms with Crippen LogP contribution in [0.4, 0.5) is 5.69 Å². The van der Waals surface area contributed by atoms with Gasteiger partial charge in [-0.2, -0.15) is 5.26 Å². The van der Waals surface area contributed by atoms with Gasteiger partial charge >= 0.3 is 0 Å². The molecule has 1 amide bonds. The van der Waals surface area contributed by atoms with Gasteiger partial charge in [0, 0.05) is 18.4 Å². The predicted molar refractivity (Wildman–Crippen MR) is 96.3 cm³/mol. The van der Waals surface area contributed by atoms with Gasteiger partial charge in [0.1, 0.15) is 11.6 Å². The molecule has 2 N–H and O–H groups in total. The average Bonchev–Trinajstić information content (AvgIpc) is 2.61. The Morgan fingerprint density at radius 3 is 2.50 bits per heavy atom. The second kappa shape index (κ2) is 9.16. The van der Waals surface area contributed by atoms with Crippen LogP contribution in [0.15, 0.2) is 66.4 Å². The number of amides is 1. The Hall–Kier alpha value is -3.06. The van der Waals surface area contributed by atoms with E-state index in [4.69, 9.17) is 5.26 Å². The van der Waals surface area contributed by atoms with Crippen molar-refractivity contribution in [2.75, 3.05) is 11.9 Å². The predicted octanol–water partition coefficient (Wildman–Crippen LogP) is 3.56. The largest absolute Gasteiger partial charge is 0.390 e. The first-order valence-corrected chi connectivity index (χ1v) is 7.94. The summed E-state index contributed by atoms with van der Waals surface area (Å²) < 4.78 is 0. The highest BCUT2D eigenvalue weighted by Crippen LogP contribution is 2.09. The lowest BCUT2D eigenvalue weighted by molar-refractivity contribution is -0.112. The molecule has 0 heterocycles. The van der Waals surface area contributed by atoms with Crippen LogP contribution >= 0.6 is 0 Å². The van der Waals surface area contributed by atoms with Gasteiger partial charge in [0.15, 0.2) is 0 Å². The molecule has 0 aliphatic rings. The zero-order valence-corrected chi connectivity index (χ0v) is 13.8. The maximum atomic E-state index is 12.1. The number of nitrogens with one attached hydrogen (secondary N) is 2. The van der Waals surface area contributed by atoms with E-state index in [0.717, 1.165) is 18.4 Å². The van der Waals surface area contributed by atoms with E-state index < -0.39 is 5.91 Å². The van der Waals surface area contributed by atoms with E-state index in [1.165, 1.54) is 11.8 Å². The fourth-order valence-electron chi connectivity index (χ4n) is 2.20. The second-order valence-electron chi connectivity index (χ2n) is 5.53. The quantitative estimate of drug-likeness (QED) is 0.466. The van der Waals surface area contributed by atoms with Crippen LogP contribution < -0.4 is 10.6 Å². The first-order chi connectivity index (χ1) is 11.7. The number of nitrogens with zero attached hydrogens (tertiary/aromatic N) is 1. The fourth-order valence-corrected chi connectivity index (χ4v) is 2.20. The lowest BCUT2D eigenvalue weighted by atomic mass is 10.1. The summed E-state index contributed by atoms with van der Waals surface area (Å²) in [5, 5.41) is 14.9. The van der Waals surface area contributed by atoms with Gasteiger partial charge in [0.25, 0.3) is 5.91 Å². The molecule has 4 nitrogen and oxygen atoms in total. The summed E-state index contributed by atoms with van der Waals surface area (Å²) in [5.74, 6) is -0.406. The van der Waals surface area contributed by atoms with Crippen LogP contribution in [0.3, 0.4) is 0 Å². The standard InChI is InChI=1S/C20H21N3O/c1-16-9-11-19(12-10-16)23-20(24)18(14-21)15-22-13-5-8-17-6-3-2-4-7-17/h2-4,6-7,9-12,15,22H,5,8,13H2,1H3,(H,23,24)/b18-15-. The molecule has 4 heteroatoms. The molecule has 0 aliphatic heterocycles. The van der Waals surface area contributed by atoms with Crippen molar-refractivity contribution >= 4 is 11.6 Å². The molecule has 2 aromatic rings. The van der Waals surface area contributed by atoms with E-state index in [9.17, 15) is 4.79 Å². The number of benzene rings is 2. The van der Waals surface area contributed by atoms with Crippen LogP contribution in [-0.2, 0) is 11.2 Å². The Bertz CT molecular complexity index is 728. The third-order valence-electron chi connectivity index (χ3n) is 3.55. The zero-order chi connectivity index (χ0) is 17.2. The minimum absolute atomic E-state index is 0.0651. The zero-order valence-electron chi connectivity index (χ0n) is 13.8. The van der Waals surface area contributed by atoms with E-state index >= 15 is 0 Å². The Morgan fingerprint density at radius 1 is 1.12 bits per heavy atom. The molecule has 2 aromatic carbocycles. The maximum absolute atomic E-state index is 12.1. The SMILES string of the molecule is Cc1ccc(NC(=O)/C(C#N)=C\NCCCc2ccccc2)cc1. The normalized spacial score (nSPS) is 10.8. The van der Waals surface area contributed by atoms with Gasteiger partial charge in [0.05, 0.1) is 0 Å². The third-order valence-corrected chi connectivity index (χ3v) is 3.55. The average molecular weight is 319 g/mol. The number of aryl methyl sites for hydroxylation is 2. The minimum Gasteiger partial charge on any atom is -0.390 e. The Kier molecular flexibility index (Phi) is 6.60. The van der Waals surface area contributed by atoms with Gasteiger partial charge in [-0.25, -0.2) is 0 Å². The summed E-state index contributed by atoms with van der Waals surface area (Å²) in [4.78, 5) is 12.1. The van der Waals surface area contributed by atoms with Crippen molar-refractivity contribution in [3.05, 3.63) is 77.5 Å². The van der Waals surface area contributed by atoms with Crippen LogP contribution in [0.1, 0.15) is 17.5 Å². The summed E-state index contributed by atoms with van der Waals surface area (Å²) in [6, 6.07) is 19.6. The summed E-state index contributed by atoms with van der Waals surface area (Å²) in [5.41, 5.74) is 3.14. The van der Waals surface area contributed by atoms with Crippen LogP contribution in [0.2, 0.25) is 0 Å². The number of hydrogen-bond acceptors (Lipinski definition) is 3. The van der Waals surface area contributed by atoms with Crippen molar-refractivity contribution < 1.29 is 4.79 Å². The molecule has 0 fully saturated rings. The Morgan fingerprint density at radius 2 is 1.83 bits per heavy atom. The topological polar surface area (TPSA) is 64.9 Å². The van der Waals surface area contributed by atoms with E-state index in [2.05, 4.69) is 22.8 Å². The van der Waals surface area contributed by atoms with Crippen LogP contribution in [0, 0.1) is 18.3 Å². The molecule has 0 bridgehead atoms. The molecule has 0 aliphatic carbocycles. The third kappa shape index (κ3) is 5.62. The molecule has 0 atom stereocenters. The monoisotopic (exact) mass is 319 g/mol. The lowest BCUT2D eigenvalue weighted by Crippen LogP contribution is -2.17. The molecular formula is C20H21N3O. The second-order valence-corrected chi connectivity index (χ2v) is 5.53. The van der Waals surface area contributed by atoms with Gasteiger partial charge in [0.2, 0.25) is 0 Å². The highest BCUT2D eigenvalue weighted by Gasteiger charge is 2.08. The molecule has 2 rings (SSSR count). The van der Waals surface area contributed by atoms with Crippen LogP contribution in [0.25, 0.3) is 0 Å². The highest BCUT2D eigenvalue weighted by molar-refractivity contribution is 6.06. The number of carbonyl (C=O) groups is 1. The Labute approximate surface area is 142 Å². The van der Waals surface area contributed by atoms with Gasteiger partial charge in [-0.3, -0.25) is 4.79 Å². The highest BCUT2D eigenvalue weighted by atomic mass is 16.1.